The van der Waals surface area contributed by atoms with Gasteiger partial charge in [0.15, 0.2) is 0 Å². The van der Waals surface area contributed by atoms with E-state index in [0.717, 1.165) is 6.42 Å². The van der Waals surface area contributed by atoms with E-state index in [1.165, 1.54) is 11.1 Å². The molecule has 2 nitrogen and oxygen atoms in total. The van der Waals surface area contributed by atoms with Crippen molar-refractivity contribution < 1.29 is 0 Å². The molecule has 0 bridgehead atoms. The highest BCUT2D eigenvalue weighted by Gasteiger charge is 1.95. The lowest BCUT2D eigenvalue weighted by molar-refractivity contribution is 1.17. The Hall–Kier alpha value is -1.38. The third-order valence-corrected chi connectivity index (χ3v) is 2.05. The van der Waals surface area contributed by atoms with Gasteiger partial charge in [-0.2, -0.15) is 0 Å². The Morgan fingerprint density at radius 1 is 1.06 bits per heavy atom. The van der Waals surface area contributed by atoms with Crippen LogP contribution in [0.3, 0.4) is 0 Å². The maximum Gasteiger partial charge on any atom is 0.0110 e. The Balaban J connectivity index is 4.60. The largest absolute Gasteiger partial charge is 0.327 e. The Morgan fingerprint density at radius 2 is 1.62 bits per heavy atom. The lowest BCUT2D eigenvalue weighted by atomic mass is 10.0. The van der Waals surface area contributed by atoms with Crippen LogP contribution in [0.2, 0.25) is 0 Å². The summed E-state index contributed by atoms with van der Waals surface area (Å²) in [5.41, 5.74) is 13.3. The van der Waals surface area contributed by atoms with Crippen molar-refractivity contribution in [3.63, 3.8) is 0 Å². The summed E-state index contributed by atoms with van der Waals surface area (Å²) >= 11 is 0. The van der Waals surface area contributed by atoms with Gasteiger partial charge in [-0.05, 0) is 24.5 Å². The van der Waals surface area contributed by atoms with Gasteiger partial charge in [-0.3, -0.25) is 0 Å². The van der Waals surface area contributed by atoms with Crippen molar-refractivity contribution in [2.45, 2.75) is 13.3 Å². The van der Waals surface area contributed by atoms with Gasteiger partial charge in [-0.1, -0.05) is 49.1 Å². The topological polar surface area (TPSA) is 52.0 Å². The molecular formula is C14H22N2. The van der Waals surface area contributed by atoms with Crippen molar-refractivity contribution in [3.05, 3.63) is 60.3 Å². The molecule has 0 heterocycles. The van der Waals surface area contributed by atoms with Gasteiger partial charge in [0.2, 0.25) is 0 Å². The van der Waals surface area contributed by atoms with Crippen LogP contribution < -0.4 is 11.5 Å². The molecule has 0 aliphatic rings. The number of rotatable bonds is 7. The van der Waals surface area contributed by atoms with E-state index in [2.05, 4.69) is 12.7 Å². The van der Waals surface area contributed by atoms with E-state index in [-0.39, 0.29) is 0 Å². The summed E-state index contributed by atoms with van der Waals surface area (Å²) in [6.45, 7) is 6.85. The third-order valence-electron chi connectivity index (χ3n) is 2.05. The van der Waals surface area contributed by atoms with Crippen LogP contribution in [0.4, 0.5) is 0 Å². The first-order valence-electron chi connectivity index (χ1n) is 5.48. The van der Waals surface area contributed by atoms with E-state index in [1.54, 1.807) is 6.08 Å². The van der Waals surface area contributed by atoms with Gasteiger partial charge in [0.05, 0.1) is 0 Å². The van der Waals surface area contributed by atoms with Crippen LogP contribution in [0, 0.1) is 0 Å². The summed E-state index contributed by atoms with van der Waals surface area (Å²) in [6, 6.07) is 0. The molecule has 0 aliphatic carbocycles. The molecule has 88 valence electrons. The Kier molecular flexibility index (Phi) is 9.27. The first kappa shape index (κ1) is 14.6. The summed E-state index contributed by atoms with van der Waals surface area (Å²) in [6.07, 6.45) is 14.7. The molecule has 0 saturated carbocycles. The highest BCUT2D eigenvalue weighted by molar-refractivity contribution is 5.32. The quantitative estimate of drug-likeness (QED) is 0.645. The zero-order valence-corrected chi connectivity index (χ0v) is 10.0. The van der Waals surface area contributed by atoms with Crippen molar-refractivity contribution >= 4 is 0 Å². The van der Waals surface area contributed by atoms with Gasteiger partial charge in [-0.15, -0.1) is 0 Å². The van der Waals surface area contributed by atoms with Crippen LogP contribution in [-0.2, 0) is 0 Å². The predicted octanol–water partition coefficient (Wildman–Crippen LogP) is 2.47. The van der Waals surface area contributed by atoms with Crippen LogP contribution in [0.5, 0.6) is 0 Å². The van der Waals surface area contributed by atoms with E-state index in [9.17, 15) is 0 Å². The minimum absolute atomic E-state index is 0.554. The summed E-state index contributed by atoms with van der Waals surface area (Å²) in [7, 11) is 0. The maximum absolute atomic E-state index is 5.43. The van der Waals surface area contributed by atoms with Gasteiger partial charge >= 0.3 is 0 Å². The molecule has 16 heavy (non-hydrogen) atoms. The molecule has 0 saturated heterocycles. The normalized spacial score (nSPS) is 13.9. The minimum Gasteiger partial charge on any atom is -0.327 e. The van der Waals surface area contributed by atoms with Crippen LogP contribution >= 0.6 is 0 Å². The van der Waals surface area contributed by atoms with Gasteiger partial charge in [0, 0.05) is 13.1 Å². The minimum atomic E-state index is 0.554. The van der Waals surface area contributed by atoms with E-state index in [4.69, 9.17) is 11.5 Å². The van der Waals surface area contributed by atoms with E-state index in [1.807, 2.05) is 37.3 Å². The smallest absolute Gasteiger partial charge is 0.0110 e. The fraction of sp³-hybridized carbons (Fsp3) is 0.286. The molecule has 0 radical (unpaired) electrons. The first-order chi connectivity index (χ1) is 7.78. The second kappa shape index (κ2) is 10.1. The van der Waals surface area contributed by atoms with Gasteiger partial charge in [0.1, 0.15) is 0 Å². The average molecular weight is 218 g/mol. The molecule has 0 aromatic carbocycles. The van der Waals surface area contributed by atoms with Crippen molar-refractivity contribution in [2.75, 3.05) is 13.1 Å². The number of nitrogens with two attached hydrogens (primary N) is 2. The summed E-state index contributed by atoms with van der Waals surface area (Å²) in [5.74, 6) is 0. The molecule has 0 aromatic rings. The molecule has 0 atom stereocenters. The molecule has 0 unspecified atom stereocenters. The van der Waals surface area contributed by atoms with Crippen molar-refractivity contribution in [1.82, 2.24) is 0 Å². The molecular weight excluding hydrogens is 196 g/mol. The first-order valence-corrected chi connectivity index (χ1v) is 5.48. The Bertz CT molecular complexity index is 307. The third kappa shape index (κ3) is 6.98. The SMILES string of the molecule is C=C/C=C(\C=C/CN)CC(/C=C\CN)=C/C. The number of hydrogen-bond acceptors (Lipinski definition) is 2. The van der Waals surface area contributed by atoms with Crippen molar-refractivity contribution in [1.29, 1.82) is 0 Å². The van der Waals surface area contributed by atoms with Crippen LogP contribution in [0.25, 0.3) is 0 Å². The van der Waals surface area contributed by atoms with E-state index >= 15 is 0 Å². The Morgan fingerprint density at radius 3 is 2.06 bits per heavy atom. The second-order valence-electron chi connectivity index (χ2n) is 3.29. The molecule has 0 fully saturated rings. The number of hydrogen-bond donors (Lipinski definition) is 2. The lowest BCUT2D eigenvalue weighted by Crippen LogP contribution is -1.94. The Labute approximate surface area is 98.7 Å². The van der Waals surface area contributed by atoms with Gasteiger partial charge < -0.3 is 11.5 Å². The van der Waals surface area contributed by atoms with Crippen molar-refractivity contribution in [3.8, 4) is 0 Å². The summed E-state index contributed by atoms with van der Waals surface area (Å²) in [5, 5.41) is 0. The molecule has 2 heteroatoms. The highest BCUT2D eigenvalue weighted by Crippen LogP contribution is 2.13. The summed E-state index contributed by atoms with van der Waals surface area (Å²) < 4.78 is 0. The number of allylic oxidation sites excluding steroid dienone is 7. The molecule has 0 amide bonds. The predicted molar refractivity (Wildman–Crippen MR) is 73.0 cm³/mol. The average Bonchev–Trinajstić information content (AvgIpc) is 2.31. The van der Waals surface area contributed by atoms with E-state index in [0.29, 0.717) is 13.1 Å². The molecule has 0 rings (SSSR count). The maximum atomic E-state index is 5.43. The lowest BCUT2D eigenvalue weighted by Gasteiger charge is -2.03. The van der Waals surface area contributed by atoms with E-state index < -0.39 is 0 Å². The van der Waals surface area contributed by atoms with Crippen molar-refractivity contribution in [2.24, 2.45) is 11.5 Å². The molecule has 4 N–H and O–H groups in total. The standard InChI is InChI=1S/C14H22N2/c1-3-7-14(9-6-11-16)12-13(4-2)8-5-10-15/h3-9H,1,10-12,15-16H2,2H3/b8-5-,9-6-,13-4+,14-7+. The fourth-order valence-corrected chi connectivity index (χ4v) is 1.26. The zero-order valence-electron chi connectivity index (χ0n) is 10.0. The van der Waals surface area contributed by atoms with Crippen LogP contribution in [0.1, 0.15) is 13.3 Å². The molecule has 0 spiro atoms. The summed E-state index contributed by atoms with van der Waals surface area (Å²) in [4.78, 5) is 0. The van der Waals surface area contributed by atoms with Gasteiger partial charge in [0.25, 0.3) is 0 Å². The monoisotopic (exact) mass is 218 g/mol. The highest BCUT2D eigenvalue weighted by atomic mass is 14.5. The molecule has 0 aromatic heterocycles. The van der Waals surface area contributed by atoms with Gasteiger partial charge in [-0.25, -0.2) is 0 Å². The fourth-order valence-electron chi connectivity index (χ4n) is 1.26. The zero-order chi connectivity index (χ0) is 12.2. The molecule has 0 aliphatic heterocycles. The van der Waals surface area contributed by atoms with Crippen LogP contribution in [-0.4, -0.2) is 13.1 Å². The second-order valence-corrected chi connectivity index (χ2v) is 3.29. The van der Waals surface area contributed by atoms with Crippen LogP contribution in [0.15, 0.2) is 60.3 Å².